The van der Waals surface area contributed by atoms with Crippen LogP contribution in [0.25, 0.3) is 0 Å². The van der Waals surface area contributed by atoms with Crippen LogP contribution in [0.3, 0.4) is 0 Å². The molecule has 0 spiro atoms. The molecule has 0 aliphatic heterocycles. The normalized spacial score (nSPS) is 13.5. The van der Waals surface area contributed by atoms with Gasteiger partial charge in [-0.25, -0.2) is 0 Å². The van der Waals surface area contributed by atoms with Crippen LogP contribution in [-0.2, 0) is 0 Å². The molecule has 0 fully saturated rings. The summed E-state index contributed by atoms with van der Waals surface area (Å²) < 4.78 is 39.9. The van der Waals surface area contributed by atoms with E-state index in [9.17, 15) is 13.2 Å². The molecular weight excluding hydrogens is 231 g/mol. The Bertz CT molecular complexity index is 352. The molecule has 1 atom stereocenters. The number of benzene rings is 1. The Morgan fingerprint density at radius 3 is 2.65 bits per heavy atom. The van der Waals surface area contributed by atoms with Gasteiger partial charge in [-0.05, 0) is 24.1 Å². The molecule has 0 amide bonds. The molecule has 96 valence electrons. The first kappa shape index (κ1) is 13.8. The van der Waals surface area contributed by atoms with Crippen LogP contribution in [0.1, 0.15) is 37.8 Å². The molecule has 1 aromatic rings. The van der Waals surface area contributed by atoms with Crippen LogP contribution in [0.4, 0.5) is 13.2 Å². The van der Waals surface area contributed by atoms with Crippen LogP contribution in [0.5, 0.6) is 5.75 Å². The quantitative estimate of drug-likeness (QED) is 0.859. The highest BCUT2D eigenvalue weighted by atomic mass is 19.4. The fourth-order valence-electron chi connectivity index (χ4n) is 1.53. The second kappa shape index (κ2) is 5.91. The third-order valence-corrected chi connectivity index (χ3v) is 2.39. The minimum Gasteiger partial charge on any atom is -0.406 e. The summed E-state index contributed by atoms with van der Waals surface area (Å²) in [7, 11) is 0. The van der Waals surface area contributed by atoms with Crippen LogP contribution in [0.2, 0.25) is 0 Å². The minimum absolute atomic E-state index is 0.220. The molecule has 2 nitrogen and oxygen atoms in total. The zero-order valence-corrected chi connectivity index (χ0v) is 9.63. The van der Waals surface area contributed by atoms with Crippen molar-refractivity contribution >= 4 is 0 Å². The van der Waals surface area contributed by atoms with Crippen molar-refractivity contribution in [1.82, 2.24) is 0 Å². The van der Waals surface area contributed by atoms with Crippen LogP contribution in [0, 0.1) is 0 Å². The van der Waals surface area contributed by atoms with Gasteiger partial charge in [0.2, 0.25) is 0 Å². The zero-order valence-electron chi connectivity index (χ0n) is 9.63. The molecule has 0 bridgehead atoms. The average Bonchev–Trinajstić information content (AvgIpc) is 2.24. The SMILES string of the molecule is CCCCC(N)c1cccc(OC(F)(F)F)c1. The molecule has 0 radical (unpaired) electrons. The lowest BCUT2D eigenvalue weighted by Crippen LogP contribution is -2.17. The Kier molecular flexibility index (Phi) is 4.81. The number of unbranched alkanes of at least 4 members (excludes halogenated alkanes) is 1. The van der Waals surface area contributed by atoms with E-state index in [0.29, 0.717) is 5.56 Å². The highest BCUT2D eigenvalue weighted by molar-refractivity contribution is 5.30. The molecule has 0 aliphatic carbocycles. The van der Waals surface area contributed by atoms with E-state index in [-0.39, 0.29) is 11.8 Å². The molecule has 0 aromatic heterocycles. The van der Waals surface area contributed by atoms with Crippen LogP contribution < -0.4 is 10.5 Å². The molecule has 0 aliphatic rings. The molecular formula is C12H16F3NO. The highest BCUT2D eigenvalue weighted by Gasteiger charge is 2.31. The number of alkyl halides is 3. The summed E-state index contributed by atoms with van der Waals surface area (Å²) in [5, 5.41) is 0. The molecule has 17 heavy (non-hydrogen) atoms. The van der Waals surface area contributed by atoms with E-state index in [1.807, 2.05) is 6.92 Å². The summed E-state index contributed by atoms with van der Waals surface area (Å²) in [6, 6.07) is 5.59. The van der Waals surface area contributed by atoms with Gasteiger partial charge in [0, 0.05) is 6.04 Å². The summed E-state index contributed by atoms with van der Waals surface area (Å²) in [6.45, 7) is 2.04. The van der Waals surface area contributed by atoms with E-state index in [4.69, 9.17) is 5.73 Å². The molecule has 1 rings (SSSR count). The molecule has 0 heterocycles. The summed E-state index contributed by atoms with van der Waals surface area (Å²) in [6.07, 6.45) is -1.95. The molecule has 5 heteroatoms. The van der Waals surface area contributed by atoms with E-state index in [1.54, 1.807) is 6.07 Å². The zero-order chi connectivity index (χ0) is 12.9. The van der Waals surface area contributed by atoms with E-state index in [2.05, 4.69) is 4.74 Å². The van der Waals surface area contributed by atoms with Crippen molar-refractivity contribution in [2.24, 2.45) is 5.73 Å². The van der Waals surface area contributed by atoms with Crippen molar-refractivity contribution in [2.75, 3.05) is 0 Å². The molecule has 1 aromatic carbocycles. The van der Waals surface area contributed by atoms with Crippen molar-refractivity contribution < 1.29 is 17.9 Å². The van der Waals surface area contributed by atoms with E-state index in [1.165, 1.54) is 18.2 Å². The van der Waals surface area contributed by atoms with Crippen molar-refractivity contribution in [3.8, 4) is 5.75 Å². The Labute approximate surface area is 98.6 Å². The number of hydrogen-bond donors (Lipinski definition) is 1. The standard InChI is InChI=1S/C12H16F3NO/c1-2-3-7-11(16)9-5-4-6-10(8-9)17-12(13,14)15/h4-6,8,11H,2-3,7,16H2,1H3. The van der Waals surface area contributed by atoms with Crippen LogP contribution >= 0.6 is 0 Å². The van der Waals surface area contributed by atoms with Crippen molar-refractivity contribution in [3.05, 3.63) is 29.8 Å². The number of halogens is 3. The lowest BCUT2D eigenvalue weighted by molar-refractivity contribution is -0.274. The number of ether oxygens (including phenoxy) is 1. The Hall–Kier alpha value is -1.23. The van der Waals surface area contributed by atoms with Gasteiger partial charge in [-0.2, -0.15) is 0 Å². The Morgan fingerprint density at radius 2 is 2.06 bits per heavy atom. The van der Waals surface area contributed by atoms with Gasteiger partial charge in [-0.3, -0.25) is 0 Å². The molecule has 0 saturated carbocycles. The summed E-state index contributed by atoms with van der Waals surface area (Å²) in [5.74, 6) is -0.220. The second-order valence-electron chi connectivity index (χ2n) is 3.87. The van der Waals surface area contributed by atoms with Crippen molar-refractivity contribution in [1.29, 1.82) is 0 Å². The number of rotatable bonds is 5. The van der Waals surface area contributed by atoms with E-state index in [0.717, 1.165) is 19.3 Å². The lowest BCUT2D eigenvalue weighted by atomic mass is 10.0. The van der Waals surface area contributed by atoms with Crippen molar-refractivity contribution in [2.45, 2.75) is 38.6 Å². The van der Waals surface area contributed by atoms with Crippen molar-refractivity contribution in [3.63, 3.8) is 0 Å². The molecule has 0 saturated heterocycles. The predicted molar refractivity (Wildman–Crippen MR) is 59.6 cm³/mol. The summed E-state index contributed by atoms with van der Waals surface area (Å²) in [5.41, 5.74) is 6.54. The largest absolute Gasteiger partial charge is 0.573 e. The highest BCUT2D eigenvalue weighted by Crippen LogP contribution is 2.26. The maximum Gasteiger partial charge on any atom is 0.573 e. The first-order valence-electron chi connectivity index (χ1n) is 5.53. The minimum atomic E-state index is -4.66. The summed E-state index contributed by atoms with van der Waals surface area (Å²) >= 11 is 0. The maximum absolute atomic E-state index is 12.0. The smallest absolute Gasteiger partial charge is 0.406 e. The predicted octanol–water partition coefficient (Wildman–Crippen LogP) is 3.78. The summed E-state index contributed by atoms with van der Waals surface area (Å²) in [4.78, 5) is 0. The monoisotopic (exact) mass is 247 g/mol. The number of nitrogens with two attached hydrogens (primary N) is 1. The third kappa shape index (κ3) is 5.08. The van der Waals surface area contributed by atoms with Gasteiger partial charge < -0.3 is 10.5 Å². The van der Waals surface area contributed by atoms with Gasteiger partial charge in [-0.1, -0.05) is 31.9 Å². The third-order valence-electron chi connectivity index (χ3n) is 2.39. The topological polar surface area (TPSA) is 35.2 Å². The van der Waals surface area contributed by atoms with Gasteiger partial charge in [0.25, 0.3) is 0 Å². The van der Waals surface area contributed by atoms with Gasteiger partial charge in [0.1, 0.15) is 5.75 Å². The fraction of sp³-hybridized carbons (Fsp3) is 0.500. The van der Waals surface area contributed by atoms with Crippen LogP contribution in [-0.4, -0.2) is 6.36 Å². The van der Waals surface area contributed by atoms with Crippen LogP contribution in [0.15, 0.2) is 24.3 Å². The molecule has 1 unspecified atom stereocenters. The van der Waals surface area contributed by atoms with E-state index < -0.39 is 6.36 Å². The van der Waals surface area contributed by atoms with Gasteiger partial charge in [0.05, 0.1) is 0 Å². The average molecular weight is 247 g/mol. The van der Waals surface area contributed by atoms with E-state index >= 15 is 0 Å². The lowest BCUT2D eigenvalue weighted by Gasteiger charge is -2.14. The first-order chi connectivity index (χ1) is 7.92. The fourth-order valence-corrected chi connectivity index (χ4v) is 1.53. The van der Waals surface area contributed by atoms with Gasteiger partial charge >= 0.3 is 6.36 Å². The second-order valence-corrected chi connectivity index (χ2v) is 3.87. The Morgan fingerprint density at radius 1 is 1.35 bits per heavy atom. The van der Waals surface area contributed by atoms with Gasteiger partial charge in [-0.15, -0.1) is 13.2 Å². The maximum atomic E-state index is 12.0. The first-order valence-corrected chi connectivity index (χ1v) is 5.53. The Balaban J connectivity index is 2.71. The number of hydrogen-bond acceptors (Lipinski definition) is 2. The molecule has 2 N–H and O–H groups in total. The van der Waals surface area contributed by atoms with Gasteiger partial charge in [0.15, 0.2) is 0 Å².